The van der Waals surface area contributed by atoms with Gasteiger partial charge in [-0.25, -0.2) is 9.97 Å². The van der Waals surface area contributed by atoms with Crippen LogP contribution in [0.5, 0.6) is 0 Å². The lowest BCUT2D eigenvalue weighted by molar-refractivity contribution is 0.0802. The van der Waals surface area contributed by atoms with Crippen molar-refractivity contribution in [2.24, 2.45) is 0 Å². The number of rotatable bonds is 9. The van der Waals surface area contributed by atoms with Crippen LogP contribution in [0.3, 0.4) is 0 Å². The Bertz CT molecular complexity index is 1250. The topological polar surface area (TPSA) is 49.3 Å². The molecule has 0 N–H and O–H groups in total. The molecule has 0 unspecified atom stereocenters. The van der Waals surface area contributed by atoms with Gasteiger partial charge in [-0.05, 0) is 30.2 Å². The summed E-state index contributed by atoms with van der Waals surface area (Å²) in [5.41, 5.74) is 5.02. The Morgan fingerprint density at radius 2 is 1.49 bits per heavy atom. The number of aromatic nitrogens is 2. The van der Waals surface area contributed by atoms with Crippen molar-refractivity contribution in [1.82, 2.24) is 14.9 Å². The number of thioether (sulfide) groups is 1. The summed E-state index contributed by atoms with van der Waals surface area (Å²) in [6.45, 7) is 3.42. The SMILES string of the molecule is CCN(C)C(=O)c1ccc(CSc2nc(-c3ccccc3)cc(N(C)Cc3ccccc3)n2)cc1. The van der Waals surface area contributed by atoms with Gasteiger partial charge in [0.25, 0.3) is 5.91 Å². The lowest BCUT2D eigenvalue weighted by Gasteiger charge is -2.20. The molecule has 0 fully saturated rings. The van der Waals surface area contributed by atoms with Gasteiger partial charge < -0.3 is 9.80 Å². The Labute approximate surface area is 211 Å². The van der Waals surface area contributed by atoms with Crippen LogP contribution in [-0.2, 0) is 12.3 Å². The monoisotopic (exact) mass is 482 g/mol. The Morgan fingerprint density at radius 3 is 2.14 bits per heavy atom. The minimum atomic E-state index is 0.0386. The number of nitrogens with zero attached hydrogens (tertiary/aromatic N) is 4. The molecular weight excluding hydrogens is 452 g/mol. The maximum Gasteiger partial charge on any atom is 0.253 e. The Morgan fingerprint density at radius 1 is 0.829 bits per heavy atom. The van der Waals surface area contributed by atoms with Crippen LogP contribution in [0.1, 0.15) is 28.4 Å². The molecular formula is C29H30N4OS. The third-order valence-corrected chi connectivity index (χ3v) is 6.72. The molecule has 0 spiro atoms. The van der Waals surface area contributed by atoms with E-state index in [-0.39, 0.29) is 5.91 Å². The summed E-state index contributed by atoms with van der Waals surface area (Å²) in [7, 11) is 3.87. The van der Waals surface area contributed by atoms with Crippen molar-refractivity contribution in [3.05, 3.63) is 108 Å². The number of amides is 1. The van der Waals surface area contributed by atoms with E-state index in [0.717, 1.165) is 40.1 Å². The molecule has 4 rings (SSSR count). The summed E-state index contributed by atoms with van der Waals surface area (Å²) in [6.07, 6.45) is 0. The van der Waals surface area contributed by atoms with Crippen LogP contribution in [0.4, 0.5) is 5.82 Å². The van der Waals surface area contributed by atoms with Crippen LogP contribution in [0.2, 0.25) is 0 Å². The highest BCUT2D eigenvalue weighted by atomic mass is 32.2. The van der Waals surface area contributed by atoms with E-state index < -0.39 is 0 Å². The molecule has 0 atom stereocenters. The largest absolute Gasteiger partial charge is 0.355 e. The molecule has 0 bridgehead atoms. The zero-order chi connectivity index (χ0) is 24.6. The van der Waals surface area contributed by atoms with Crippen LogP contribution in [0, 0.1) is 0 Å². The fourth-order valence-corrected chi connectivity index (χ4v) is 4.43. The predicted molar refractivity (Wildman–Crippen MR) is 145 cm³/mol. The first-order chi connectivity index (χ1) is 17.0. The maximum atomic E-state index is 12.4. The van der Waals surface area contributed by atoms with Crippen molar-refractivity contribution < 1.29 is 4.79 Å². The first kappa shape index (κ1) is 24.5. The first-order valence-corrected chi connectivity index (χ1v) is 12.7. The molecule has 5 nitrogen and oxygen atoms in total. The minimum Gasteiger partial charge on any atom is -0.355 e. The highest BCUT2D eigenvalue weighted by Gasteiger charge is 2.13. The van der Waals surface area contributed by atoms with Gasteiger partial charge in [0.05, 0.1) is 5.69 Å². The summed E-state index contributed by atoms with van der Waals surface area (Å²) in [4.78, 5) is 25.9. The number of carbonyl (C=O) groups is 1. The second-order valence-corrected chi connectivity index (χ2v) is 9.35. The number of benzene rings is 3. The van der Waals surface area contributed by atoms with Crippen LogP contribution in [0.15, 0.2) is 96.2 Å². The van der Waals surface area contributed by atoms with Crippen molar-refractivity contribution in [3.8, 4) is 11.3 Å². The lowest BCUT2D eigenvalue weighted by atomic mass is 10.1. The molecule has 0 aliphatic rings. The second-order valence-electron chi connectivity index (χ2n) is 8.41. The number of hydrogen-bond acceptors (Lipinski definition) is 5. The molecule has 1 amide bonds. The van der Waals surface area contributed by atoms with Crippen LogP contribution >= 0.6 is 11.8 Å². The second kappa shape index (κ2) is 11.7. The van der Waals surface area contributed by atoms with Gasteiger partial charge in [-0.1, -0.05) is 84.6 Å². The fraction of sp³-hybridized carbons (Fsp3) is 0.207. The average Bonchev–Trinajstić information content (AvgIpc) is 2.92. The molecule has 178 valence electrons. The molecule has 0 aliphatic carbocycles. The van der Waals surface area contributed by atoms with E-state index in [9.17, 15) is 4.79 Å². The Balaban J connectivity index is 1.54. The maximum absolute atomic E-state index is 12.4. The van der Waals surface area contributed by atoms with E-state index in [1.807, 2.05) is 68.6 Å². The predicted octanol–water partition coefficient (Wildman–Crippen LogP) is 6.16. The van der Waals surface area contributed by atoms with Crippen molar-refractivity contribution in [2.75, 3.05) is 25.5 Å². The van der Waals surface area contributed by atoms with Gasteiger partial charge in [0.15, 0.2) is 5.16 Å². The first-order valence-electron chi connectivity index (χ1n) is 11.7. The highest BCUT2D eigenvalue weighted by Crippen LogP contribution is 2.28. The van der Waals surface area contributed by atoms with Gasteiger partial charge in [-0.3, -0.25) is 4.79 Å². The zero-order valence-electron chi connectivity index (χ0n) is 20.4. The van der Waals surface area contributed by atoms with Crippen LogP contribution in [0.25, 0.3) is 11.3 Å². The molecule has 3 aromatic carbocycles. The Kier molecular flexibility index (Phi) is 8.16. The fourth-order valence-electron chi connectivity index (χ4n) is 3.62. The quantitative estimate of drug-likeness (QED) is 0.211. The molecule has 0 saturated heterocycles. The molecule has 4 aromatic rings. The van der Waals surface area contributed by atoms with Crippen molar-refractivity contribution in [1.29, 1.82) is 0 Å². The molecule has 0 saturated carbocycles. The van der Waals surface area contributed by atoms with Gasteiger partial charge in [0.2, 0.25) is 0 Å². The van der Waals surface area contributed by atoms with Gasteiger partial charge in [-0.15, -0.1) is 0 Å². The highest BCUT2D eigenvalue weighted by molar-refractivity contribution is 7.98. The molecule has 0 aliphatic heterocycles. The summed E-state index contributed by atoms with van der Waals surface area (Å²) >= 11 is 1.60. The van der Waals surface area contributed by atoms with E-state index in [1.54, 1.807) is 16.7 Å². The van der Waals surface area contributed by atoms with E-state index in [2.05, 4.69) is 48.3 Å². The third-order valence-electron chi connectivity index (χ3n) is 5.81. The zero-order valence-corrected chi connectivity index (χ0v) is 21.2. The number of carbonyl (C=O) groups excluding carboxylic acids is 1. The summed E-state index contributed by atoms with van der Waals surface area (Å²) in [6, 6.07) is 30.4. The van der Waals surface area contributed by atoms with Crippen molar-refractivity contribution >= 4 is 23.5 Å². The Hall–Kier alpha value is -3.64. The molecule has 1 aromatic heterocycles. The third kappa shape index (κ3) is 6.49. The standard InChI is InChI=1S/C29H30N4OS/c1-4-32(2)28(34)25-17-15-23(16-18-25)21-35-29-30-26(24-13-9-6-10-14-24)19-27(31-29)33(3)20-22-11-7-5-8-12-22/h5-19H,4,20-21H2,1-3H3. The van der Waals surface area contributed by atoms with Gasteiger partial charge >= 0.3 is 0 Å². The van der Waals surface area contributed by atoms with E-state index in [1.165, 1.54) is 5.56 Å². The normalized spacial score (nSPS) is 10.7. The van der Waals surface area contributed by atoms with Crippen molar-refractivity contribution in [3.63, 3.8) is 0 Å². The van der Waals surface area contributed by atoms with Crippen molar-refractivity contribution in [2.45, 2.75) is 24.4 Å². The minimum absolute atomic E-state index is 0.0386. The lowest BCUT2D eigenvalue weighted by Crippen LogP contribution is -2.26. The number of anilines is 1. The number of hydrogen-bond donors (Lipinski definition) is 0. The van der Waals surface area contributed by atoms with E-state index in [0.29, 0.717) is 12.1 Å². The summed E-state index contributed by atoms with van der Waals surface area (Å²) < 4.78 is 0. The summed E-state index contributed by atoms with van der Waals surface area (Å²) in [5.74, 6) is 1.64. The molecule has 0 radical (unpaired) electrons. The van der Waals surface area contributed by atoms with E-state index >= 15 is 0 Å². The molecule has 1 heterocycles. The van der Waals surface area contributed by atoms with Gasteiger partial charge in [-0.2, -0.15) is 0 Å². The van der Waals surface area contributed by atoms with E-state index in [4.69, 9.17) is 9.97 Å². The van der Waals surface area contributed by atoms with Crippen LogP contribution < -0.4 is 4.90 Å². The van der Waals surface area contributed by atoms with Gasteiger partial charge in [0, 0.05) is 50.1 Å². The van der Waals surface area contributed by atoms with Crippen LogP contribution in [-0.4, -0.2) is 41.4 Å². The molecule has 35 heavy (non-hydrogen) atoms. The average molecular weight is 483 g/mol. The smallest absolute Gasteiger partial charge is 0.253 e. The molecule has 6 heteroatoms. The summed E-state index contributed by atoms with van der Waals surface area (Å²) in [5, 5.41) is 0.729. The van der Waals surface area contributed by atoms with Gasteiger partial charge in [0.1, 0.15) is 5.82 Å².